The molecule has 18 heavy (non-hydrogen) atoms. The summed E-state index contributed by atoms with van der Waals surface area (Å²) < 4.78 is 0. The molecular weight excluding hydrogens is 228 g/mol. The van der Waals surface area contributed by atoms with E-state index in [2.05, 4.69) is 17.6 Å². The van der Waals surface area contributed by atoms with Crippen LogP contribution in [0.4, 0.5) is 0 Å². The number of hydrogen-bond acceptors (Lipinski definition) is 3. The Kier molecular flexibility index (Phi) is 6.09. The van der Waals surface area contributed by atoms with Crippen molar-refractivity contribution in [2.75, 3.05) is 13.1 Å². The maximum Gasteiger partial charge on any atom is 0.234 e. The van der Waals surface area contributed by atoms with E-state index in [0.717, 1.165) is 31.6 Å². The molecule has 1 amide bonds. The van der Waals surface area contributed by atoms with Crippen LogP contribution in [0, 0.1) is 5.92 Å². The van der Waals surface area contributed by atoms with Crippen molar-refractivity contribution in [2.24, 2.45) is 5.92 Å². The van der Waals surface area contributed by atoms with Gasteiger partial charge in [-0.2, -0.15) is 0 Å². The predicted octanol–water partition coefficient (Wildman–Crippen LogP) is 1.43. The average Bonchev–Trinajstić information content (AvgIpc) is 2.35. The van der Waals surface area contributed by atoms with Crippen LogP contribution in [0.25, 0.3) is 0 Å². The van der Waals surface area contributed by atoms with Crippen LogP contribution in [0.3, 0.4) is 0 Å². The van der Waals surface area contributed by atoms with E-state index in [4.69, 9.17) is 0 Å². The molecule has 3 N–H and O–H groups in total. The van der Waals surface area contributed by atoms with Gasteiger partial charge in [0, 0.05) is 12.6 Å². The first-order chi connectivity index (χ1) is 8.45. The second kappa shape index (κ2) is 7.10. The van der Waals surface area contributed by atoms with Crippen LogP contribution in [-0.2, 0) is 4.79 Å². The molecule has 0 unspecified atom stereocenters. The van der Waals surface area contributed by atoms with E-state index in [9.17, 15) is 9.90 Å². The Balaban J connectivity index is 2.24. The molecule has 0 heterocycles. The summed E-state index contributed by atoms with van der Waals surface area (Å²) in [5.74, 6) is 0.721. The van der Waals surface area contributed by atoms with Gasteiger partial charge in [0.1, 0.15) is 0 Å². The normalized spacial score (nSPS) is 28.4. The van der Waals surface area contributed by atoms with Crippen LogP contribution in [0.2, 0.25) is 0 Å². The minimum Gasteiger partial charge on any atom is -0.388 e. The Bertz CT molecular complexity index is 259. The second-order valence-electron chi connectivity index (χ2n) is 5.89. The quantitative estimate of drug-likeness (QED) is 0.674. The van der Waals surface area contributed by atoms with Crippen LogP contribution in [-0.4, -0.2) is 35.7 Å². The van der Waals surface area contributed by atoms with Gasteiger partial charge in [-0.3, -0.25) is 4.79 Å². The molecule has 0 spiro atoms. The maximum absolute atomic E-state index is 11.6. The van der Waals surface area contributed by atoms with Gasteiger partial charge in [0.2, 0.25) is 5.91 Å². The standard InChI is InChI=1S/C14H28N2O2/c1-4-12-5-7-14(18,8-6-12)10-16-13(17)9-15-11(2)3/h11-12,15,18H,4-10H2,1-3H3,(H,16,17). The summed E-state index contributed by atoms with van der Waals surface area (Å²) in [4.78, 5) is 11.6. The minimum absolute atomic E-state index is 0.0326. The topological polar surface area (TPSA) is 61.4 Å². The van der Waals surface area contributed by atoms with Crippen molar-refractivity contribution in [1.82, 2.24) is 10.6 Å². The summed E-state index contributed by atoms with van der Waals surface area (Å²) in [6.07, 6.45) is 4.97. The van der Waals surface area contributed by atoms with Crippen molar-refractivity contribution >= 4 is 5.91 Å². The Morgan fingerprint density at radius 1 is 1.39 bits per heavy atom. The largest absolute Gasteiger partial charge is 0.388 e. The van der Waals surface area contributed by atoms with E-state index in [-0.39, 0.29) is 5.91 Å². The van der Waals surface area contributed by atoms with Gasteiger partial charge < -0.3 is 15.7 Å². The number of carbonyl (C=O) groups is 1. The highest BCUT2D eigenvalue weighted by Crippen LogP contribution is 2.33. The fraction of sp³-hybridized carbons (Fsp3) is 0.929. The third-order valence-electron chi connectivity index (χ3n) is 3.90. The maximum atomic E-state index is 11.6. The Morgan fingerprint density at radius 3 is 2.50 bits per heavy atom. The Hall–Kier alpha value is -0.610. The summed E-state index contributed by atoms with van der Waals surface area (Å²) in [5, 5.41) is 16.3. The summed E-state index contributed by atoms with van der Waals surface area (Å²) >= 11 is 0. The third-order valence-corrected chi connectivity index (χ3v) is 3.90. The van der Waals surface area contributed by atoms with Gasteiger partial charge in [0.25, 0.3) is 0 Å². The van der Waals surface area contributed by atoms with Crippen LogP contribution in [0.1, 0.15) is 52.9 Å². The lowest BCUT2D eigenvalue weighted by Gasteiger charge is -2.35. The molecule has 1 fully saturated rings. The number of hydrogen-bond donors (Lipinski definition) is 3. The van der Waals surface area contributed by atoms with Gasteiger partial charge in [0.15, 0.2) is 0 Å². The number of aliphatic hydroxyl groups is 1. The van der Waals surface area contributed by atoms with E-state index in [1.54, 1.807) is 0 Å². The minimum atomic E-state index is -0.681. The molecule has 0 bridgehead atoms. The first-order valence-corrected chi connectivity index (χ1v) is 7.17. The number of amides is 1. The smallest absolute Gasteiger partial charge is 0.234 e. The highest BCUT2D eigenvalue weighted by molar-refractivity contribution is 5.78. The molecule has 1 aliphatic carbocycles. The monoisotopic (exact) mass is 256 g/mol. The van der Waals surface area contributed by atoms with Crippen molar-refractivity contribution in [3.63, 3.8) is 0 Å². The molecule has 4 heteroatoms. The molecule has 0 radical (unpaired) electrons. The molecule has 0 saturated heterocycles. The van der Waals surface area contributed by atoms with Crippen LogP contribution < -0.4 is 10.6 Å². The number of rotatable bonds is 6. The Labute approximate surface area is 111 Å². The molecule has 106 valence electrons. The Morgan fingerprint density at radius 2 is 2.00 bits per heavy atom. The predicted molar refractivity (Wildman–Crippen MR) is 73.3 cm³/mol. The lowest BCUT2D eigenvalue weighted by molar-refractivity contribution is -0.122. The fourth-order valence-electron chi connectivity index (χ4n) is 2.42. The molecular formula is C14H28N2O2. The fourth-order valence-corrected chi connectivity index (χ4v) is 2.42. The number of carbonyl (C=O) groups excluding carboxylic acids is 1. The molecule has 0 atom stereocenters. The molecule has 0 aromatic carbocycles. The zero-order chi connectivity index (χ0) is 13.6. The number of nitrogens with one attached hydrogen (secondary N) is 2. The molecule has 0 aliphatic heterocycles. The van der Waals surface area contributed by atoms with Crippen LogP contribution >= 0.6 is 0 Å². The third kappa shape index (κ3) is 5.36. The molecule has 1 aliphatic rings. The van der Waals surface area contributed by atoms with Crippen LogP contribution in [0.15, 0.2) is 0 Å². The molecule has 0 aromatic rings. The van der Waals surface area contributed by atoms with Gasteiger partial charge in [-0.15, -0.1) is 0 Å². The lowest BCUT2D eigenvalue weighted by Crippen LogP contribution is -2.47. The summed E-state index contributed by atoms with van der Waals surface area (Å²) in [5.41, 5.74) is -0.681. The lowest BCUT2D eigenvalue weighted by atomic mass is 9.78. The highest BCUT2D eigenvalue weighted by Gasteiger charge is 2.32. The summed E-state index contributed by atoms with van der Waals surface area (Å²) in [6, 6.07) is 0.304. The van der Waals surface area contributed by atoms with Gasteiger partial charge in [0.05, 0.1) is 12.1 Å². The molecule has 0 aromatic heterocycles. The van der Waals surface area contributed by atoms with Crippen molar-refractivity contribution < 1.29 is 9.90 Å². The van der Waals surface area contributed by atoms with Crippen molar-refractivity contribution in [3.8, 4) is 0 Å². The molecule has 1 rings (SSSR count). The second-order valence-corrected chi connectivity index (χ2v) is 5.89. The molecule has 1 saturated carbocycles. The van der Waals surface area contributed by atoms with Crippen molar-refractivity contribution in [3.05, 3.63) is 0 Å². The van der Waals surface area contributed by atoms with Gasteiger partial charge in [-0.05, 0) is 31.6 Å². The van der Waals surface area contributed by atoms with Gasteiger partial charge in [-0.1, -0.05) is 27.2 Å². The van der Waals surface area contributed by atoms with Crippen molar-refractivity contribution in [1.29, 1.82) is 0 Å². The van der Waals surface area contributed by atoms with E-state index < -0.39 is 5.60 Å². The highest BCUT2D eigenvalue weighted by atomic mass is 16.3. The van der Waals surface area contributed by atoms with Gasteiger partial charge in [-0.25, -0.2) is 0 Å². The van der Waals surface area contributed by atoms with Crippen molar-refractivity contribution in [2.45, 2.75) is 64.5 Å². The summed E-state index contributed by atoms with van der Waals surface area (Å²) in [7, 11) is 0. The first kappa shape index (κ1) is 15.4. The zero-order valence-electron chi connectivity index (χ0n) is 12.0. The van der Waals surface area contributed by atoms with E-state index >= 15 is 0 Å². The summed E-state index contributed by atoms with van der Waals surface area (Å²) in [6.45, 7) is 6.93. The van der Waals surface area contributed by atoms with Gasteiger partial charge >= 0.3 is 0 Å². The zero-order valence-corrected chi connectivity index (χ0v) is 12.0. The van der Waals surface area contributed by atoms with Crippen LogP contribution in [0.5, 0.6) is 0 Å². The first-order valence-electron chi connectivity index (χ1n) is 7.17. The van der Waals surface area contributed by atoms with E-state index in [1.807, 2.05) is 13.8 Å². The van der Waals surface area contributed by atoms with E-state index in [1.165, 1.54) is 6.42 Å². The van der Waals surface area contributed by atoms with E-state index in [0.29, 0.717) is 19.1 Å². The molecule has 4 nitrogen and oxygen atoms in total. The SMILES string of the molecule is CCC1CCC(O)(CNC(=O)CNC(C)C)CC1. The average molecular weight is 256 g/mol.